The predicted octanol–water partition coefficient (Wildman–Crippen LogP) is 4.22. The van der Waals surface area contributed by atoms with Crippen molar-refractivity contribution in [2.24, 2.45) is 0 Å². The highest BCUT2D eigenvalue weighted by molar-refractivity contribution is 7.15. The number of likely N-dealkylation sites (N-methyl/N-ethyl adjacent to an activating group) is 1. The molecule has 1 unspecified atom stereocenters. The Labute approximate surface area is 176 Å². The highest BCUT2D eigenvalue weighted by Crippen LogP contribution is 2.31. The predicted molar refractivity (Wildman–Crippen MR) is 119 cm³/mol. The summed E-state index contributed by atoms with van der Waals surface area (Å²) in [6.07, 6.45) is 3.96. The molecule has 0 radical (unpaired) electrons. The number of aromatic nitrogens is 3. The lowest BCUT2D eigenvalue weighted by Crippen LogP contribution is -2.47. The van der Waals surface area contributed by atoms with Crippen LogP contribution in [0, 0.1) is 6.92 Å². The van der Waals surface area contributed by atoms with E-state index in [0.717, 1.165) is 47.5 Å². The van der Waals surface area contributed by atoms with Crippen LogP contribution in [0.1, 0.15) is 48.0 Å². The number of likely N-dealkylation sites (tertiary alicyclic amines) is 1. The SMILES string of the molecule is Cc1ccc(-c2cc(C(=O)N3CCCC(N(C)C)C3)c3cnn(C(C)C)c3n2)s1. The summed E-state index contributed by atoms with van der Waals surface area (Å²) in [4.78, 5) is 25.0. The first-order chi connectivity index (χ1) is 13.8. The number of amides is 1. The molecule has 1 atom stereocenters. The second kappa shape index (κ2) is 7.88. The van der Waals surface area contributed by atoms with Crippen LogP contribution in [0.3, 0.4) is 0 Å². The summed E-state index contributed by atoms with van der Waals surface area (Å²) in [7, 11) is 4.18. The molecule has 1 saturated heterocycles. The van der Waals surface area contributed by atoms with Crippen LogP contribution in [0.2, 0.25) is 0 Å². The maximum Gasteiger partial charge on any atom is 0.254 e. The fraction of sp³-hybridized carbons (Fsp3) is 0.500. The van der Waals surface area contributed by atoms with E-state index in [4.69, 9.17) is 4.98 Å². The second-order valence-electron chi connectivity index (χ2n) is 8.40. The van der Waals surface area contributed by atoms with E-state index in [1.165, 1.54) is 4.88 Å². The van der Waals surface area contributed by atoms with Gasteiger partial charge < -0.3 is 9.80 Å². The summed E-state index contributed by atoms with van der Waals surface area (Å²) in [5.41, 5.74) is 2.35. The largest absolute Gasteiger partial charge is 0.337 e. The summed E-state index contributed by atoms with van der Waals surface area (Å²) in [5.74, 6) is 0.0850. The van der Waals surface area contributed by atoms with Crippen LogP contribution in [0.25, 0.3) is 21.6 Å². The van der Waals surface area contributed by atoms with Crippen LogP contribution in [-0.2, 0) is 0 Å². The number of hydrogen-bond donors (Lipinski definition) is 0. The lowest BCUT2D eigenvalue weighted by atomic mass is 10.0. The minimum absolute atomic E-state index is 0.0850. The molecule has 0 aromatic carbocycles. The number of hydrogen-bond acceptors (Lipinski definition) is 5. The number of pyridine rings is 1. The van der Waals surface area contributed by atoms with E-state index < -0.39 is 0 Å². The number of piperidine rings is 1. The summed E-state index contributed by atoms with van der Waals surface area (Å²) in [6.45, 7) is 7.83. The molecule has 1 amide bonds. The molecule has 6 nitrogen and oxygen atoms in total. The number of thiophene rings is 1. The Bertz CT molecular complexity index is 1040. The van der Waals surface area contributed by atoms with Gasteiger partial charge >= 0.3 is 0 Å². The molecule has 4 heterocycles. The summed E-state index contributed by atoms with van der Waals surface area (Å²) in [6, 6.07) is 6.72. The summed E-state index contributed by atoms with van der Waals surface area (Å²) < 4.78 is 1.91. The zero-order valence-corrected chi connectivity index (χ0v) is 18.7. The van der Waals surface area contributed by atoms with Gasteiger partial charge in [0.25, 0.3) is 5.91 Å². The highest BCUT2D eigenvalue weighted by Gasteiger charge is 2.28. The van der Waals surface area contributed by atoms with E-state index in [-0.39, 0.29) is 11.9 Å². The molecule has 1 aliphatic rings. The Balaban J connectivity index is 1.81. The molecule has 0 N–H and O–H groups in total. The highest BCUT2D eigenvalue weighted by atomic mass is 32.1. The molecule has 29 heavy (non-hydrogen) atoms. The molecule has 0 spiro atoms. The maximum atomic E-state index is 13.6. The van der Waals surface area contributed by atoms with Crippen molar-refractivity contribution in [3.8, 4) is 10.6 Å². The molecule has 0 bridgehead atoms. The standard InChI is InChI=1S/C22H29N5OS/c1-14(2)27-21-18(12-23-27)17(11-19(24-21)20-9-8-15(3)29-20)22(28)26-10-6-7-16(13-26)25(4)5/h8-9,11-12,14,16H,6-7,10,13H2,1-5H3. The Morgan fingerprint density at radius 3 is 2.76 bits per heavy atom. The topological polar surface area (TPSA) is 54.3 Å². The van der Waals surface area contributed by atoms with E-state index in [2.05, 4.69) is 57.0 Å². The van der Waals surface area contributed by atoms with Crippen molar-refractivity contribution in [3.05, 3.63) is 34.8 Å². The Hall–Kier alpha value is -2.25. The summed E-state index contributed by atoms with van der Waals surface area (Å²) in [5, 5.41) is 5.39. The molecule has 3 aromatic heterocycles. The van der Waals surface area contributed by atoms with E-state index in [9.17, 15) is 4.79 Å². The zero-order valence-electron chi connectivity index (χ0n) is 17.8. The Morgan fingerprint density at radius 1 is 1.31 bits per heavy atom. The van der Waals surface area contributed by atoms with Crippen molar-refractivity contribution in [1.82, 2.24) is 24.6 Å². The van der Waals surface area contributed by atoms with Gasteiger partial charge in [0.2, 0.25) is 0 Å². The van der Waals surface area contributed by atoms with Crippen LogP contribution < -0.4 is 0 Å². The van der Waals surface area contributed by atoms with Crippen LogP contribution in [0.5, 0.6) is 0 Å². The van der Waals surface area contributed by atoms with Gasteiger partial charge in [-0.1, -0.05) is 0 Å². The minimum atomic E-state index is 0.0850. The molecule has 1 aliphatic heterocycles. The zero-order chi connectivity index (χ0) is 20.7. The molecule has 3 aromatic rings. The number of aryl methyl sites for hydroxylation is 1. The third kappa shape index (κ3) is 3.81. The van der Waals surface area contributed by atoms with Crippen molar-refractivity contribution in [3.63, 3.8) is 0 Å². The van der Waals surface area contributed by atoms with Crippen molar-refractivity contribution < 1.29 is 4.79 Å². The van der Waals surface area contributed by atoms with Gasteiger partial charge in [-0.05, 0) is 65.9 Å². The van der Waals surface area contributed by atoms with Crippen molar-refractivity contribution in [2.45, 2.75) is 45.7 Å². The maximum absolute atomic E-state index is 13.6. The van der Waals surface area contributed by atoms with Crippen molar-refractivity contribution in [1.29, 1.82) is 0 Å². The smallest absolute Gasteiger partial charge is 0.254 e. The van der Waals surface area contributed by atoms with Gasteiger partial charge in [-0.2, -0.15) is 5.10 Å². The van der Waals surface area contributed by atoms with Gasteiger partial charge in [0.15, 0.2) is 5.65 Å². The Morgan fingerprint density at radius 2 is 2.10 bits per heavy atom. The lowest BCUT2D eigenvalue weighted by molar-refractivity contribution is 0.0637. The molecule has 4 rings (SSSR count). The monoisotopic (exact) mass is 411 g/mol. The first kappa shape index (κ1) is 20.0. The van der Waals surface area contributed by atoms with E-state index >= 15 is 0 Å². The third-order valence-electron chi connectivity index (χ3n) is 5.69. The van der Waals surface area contributed by atoms with Gasteiger partial charge in [-0.3, -0.25) is 4.79 Å². The molecule has 0 saturated carbocycles. The molecular weight excluding hydrogens is 382 g/mol. The molecule has 154 valence electrons. The fourth-order valence-corrected chi connectivity index (χ4v) is 4.83. The van der Waals surface area contributed by atoms with Gasteiger partial charge in [0, 0.05) is 30.1 Å². The average Bonchev–Trinajstić information content (AvgIpc) is 3.33. The average molecular weight is 412 g/mol. The molecule has 0 aliphatic carbocycles. The van der Waals surface area contributed by atoms with Crippen LogP contribution in [-0.4, -0.2) is 63.7 Å². The van der Waals surface area contributed by atoms with Gasteiger partial charge in [0.1, 0.15) is 0 Å². The quantitative estimate of drug-likeness (QED) is 0.645. The third-order valence-corrected chi connectivity index (χ3v) is 6.72. The van der Waals surface area contributed by atoms with Crippen molar-refractivity contribution >= 4 is 28.3 Å². The van der Waals surface area contributed by atoms with Crippen molar-refractivity contribution in [2.75, 3.05) is 27.2 Å². The van der Waals surface area contributed by atoms with Crippen LogP contribution in [0.4, 0.5) is 0 Å². The lowest BCUT2D eigenvalue weighted by Gasteiger charge is -2.36. The number of carbonyl (C=O) groups excluding carboxylic acids is 1. The molecule has 7 heteroatoms. The number of rotatable bonds is 4. The molecular formula is C22H29N5OS. The van der Waals surface area contributed by atoms with E-state index in [1.807, 2.05) is 15.6 Å². The number of nitrogens with zero attached hydrogens (tertiary/aromatic N) is 5. The second-order valence-corrected chi connectivity index (χ2v) is 9.68. The van der Waals surface area contributed by atoms with Gasteiger partial charge in [-0.15, -0.1) is 11.3 Å². The first-order valence-corrected chi connectivity index (χ1v) is 11.1. The van der Waals surface area contributed by atoms with Gasteiger partial charge in [-0.25, -0.2) is 9.67 Å². The summed E-state index contributed by atoms with van der Waals surface area (Å²) >= 11 is 1.70. The number of fused-ring (bicyclic) bond motifs is 1. The van der Waals surface area contributed by atoms with E-state index in [1.54, 1.807) is 17.5 Å². The van der Waals surface area contributed by atoms with E-state index in [0.29, 0.717) is 11.6 Å². The van der Waals surface area contributed by atoms with Crippen LogP contribution >= 0.6 is 11.3 Å². The Kier molecular flexibility index (Phi) is 5.44. The normalized spacial score (nSPS) is 17.6. The molecule has 1 fully saturated rings. The minimum Gasteiger partial charge on any atom is -0.337 e. The fourth-order valence-electron chi connectivity index (χ4n) is 4.00. The van der Waals surface area contributed by atoms with Gasteiger partial charge in [0.05, 0.1) is 27.7 Å². The van der Waals surface area contributed by atoms with Crippen LogP contribution in [0.15, 0.2) is 24.4 Å². The number of carbonyl (C=O) groups is 1. The first-order valence-electron chi connectivity index (χ1n) is 10.3.